The van der Waals surface area contributed by atoms with Crippen LogP contribution in [0.1, 0.15) is 41.6 Å². The smallest absolute Gasteiger partial charge is 0.335 e. The fraction of sp³-hybridized carbons (Fsp3) is 0.533. The van der Waals surface area contributed by atoms with Gasteiger partial charge in [-0.3, -0.25) is 0 Å². The van der Waals surface area contributed by atoms with Gasteiger partial charge in [-0.1, -0.05) is 12.8 Å². The van der Waals surface area contributed by atoms with Crippen molar-refractivity contribution >= 4 is 23.4 Å². The van der Waals surface area contributed by atoms with Crippen molar-refractivity contribution in [1.82, 2.24) is 0 Å². The molecule has 0 atom stereocenters. The van der Waals surface area contributed by atoms with E-state index in [1.807, 2.05) is 30.8 Å². The van der Waals surface area contributed by atoms with Crippen LogP contribution in [0.5, 0.6) is 0 Å². The number of anilines is 1. The molecule has 0 bridgehead atoms. The maximum absolute atomic E-state index is 10.9. The molecule has 4 heteroatoms. The lowest BCUT2D eigenvalue weighted by molar-refractivity contribution is 0.0696. The summed E-state index contributed by atoms with van der Waals surface area (Å²) in [5, 5.41) is 12.3. The third kappa shape index (κ3) is 6.01. The first-order chi connectivity index (χ1) is 9.15. The summed E-state index contributed by atoms with van der Waals surface area (Å²) < 4.78 is 0. The van der Waals surface area contributed by atoms with Crippen LogP contribution in [0.2, 0.25) is 0 Å². The molecule has 0 unspecified atom stereocenters. The van der Waals surface area contributed by atoms with Crippen molar-refractivity contribution < 1.29 is 9.90 Å². The third-order valence-electron chi connectivity index (χ3n) is 3.06. The van der Waals surface area contributed by atoms with Gasteiger partial charge in [0.2, 0.25) is 0 Å². The highest BCUT2D eigenvalue weighted by Gasteiger charge is 2.06. The Morgan fingerprint density at radius 1 is 1.26 bits per heavy atom. The highest BCUT2D eigenvalue weighted by Crippen LogP contribution is 2.15. The minimum atomic E-state index is -0.863. The molecule has 0 aliphatic heterocycles. The quantitative estimate of drug-likeness (QED) is 0.671. The molecule has 19 heavy (non-hydrogen) atoms. The Labute approximate surface area is 119 Å². The molecule has 1 rings (SSSR count). The van der Waals surface area contributed by atoms with Crippen molar-refractivity contribution in [3.05, 3.63) is 29.3 Å². The number of nitrogens with one attached hydrogen (secondary N) is 1. The maximum Gasteiger partial charge on any atom is 0.335 e. The second-order valence-corrected chi connectivity index (χ2v) is 5.65. The van der Waals surface area contributed by atoms with E-state index in [1.165, 1.54) is 25.0 Å². The van der Waals surface area contributed by atoms with Crippen molar-refractivity contribution in [3.63, 3.8) is 0 Å². The molecule has 0 aliphatic rings. The van der Waals surface area contributed by atoms with Gasteiger partial charge in [0, 0.05) is 12.2 Å². The Balaban J connectivity index is 2.26. The normalized spacial score (nSPS) is 10.4. The van der Waals surface area contributed by atoms with E-state index in [4.69, 9.17) is 5.11 Å². The second-order valence-electron chi connectivity index (χ2n) is 4.67. The number of hydrogen-bond acceptors (Lipinski definition) is 3. The summed E-state index contributed by atoms with van der Waals surface area (Å²) in [4.78, 5) is 10.9. The van der Waals surface area contributed by atoms with Crippen LogP contribution in [0.25, 0.3) is 0 Å². The highest BCUT2D eigenvalue weighted by atomic mass is 32.2. The van der Waals surface area contributed by atoms with E-state index >= 15 is 0 Å². The van der Waals surface area contributed by atoms with Gasteiger partial charge in [0.05, 0.1) is 5.56 Å². The first kappa shape index (κ1) is 15.9. The first-order valence-corrected chi connectivity index (χ1v) is 8.11. The minimum Gasteiger partial charge on any atom is -0.478 e. The molecule has 2 N–H and O–H groups in total. The van der Waals surface area contributed by atoms with E-state index in [2.05, 4.69) is 11.6 Å². The van der Waals surface area contributed by atoms with Crippen LogP contribution in [0.15, 0.2) is 18.2 Å². The SMILES string of the molecule is CSCCCCCCNc1ccc(C(=O)O)c(C)c1. The predicted octanol–water partition coefficient (Wildman–Crippen LogP) is 4.03. The average molecular weight is 281 g/mol. The summed E-state index contributed by atoms with van der Waals surface area (Å²) in [6.45, 7) is 2.78. The van der Waals surface area contributed by atoms with E-state index in [0.717, 1.165) is 24.2 Å². The third-order valence-corrected chi connectivity index (χ3v) is 3.76. The molecule has 1 aromatic rings. The topological polar surface area (TPSA) is 49.3 Å². The van der Waals surface area contributed by atoms with Gasteiger partial charge in [-0.2, -0.15) is 11.8 Å². The van der Waals surface area contributed by atoms with Crippen LogP contribution in [0.3, 0.4) is 0 Å². The van der Waals surface area contributed by atoms with Gasteiger partial charge in [-0.05, 0) is 55.5 Å². The zero-order valence-corrected chi connectivity index (χ0v) is 12.6. The van der Waals surface area contributed by atoms with Crippen LogP contribution in [0.4, 0.5) is 5.69 Å². The molecular weight excluding hydrogens is 258 g/mol. The molecule has 0 aromatic heterocycles. The lowest BCUT2D eigenvalue weighted by atomic mass is 10.1. The lowest BCUT2D eigenvalue weighted by Crippen LogP contribution is -2.04. The Hall–Kier alpha value is -1.16. The lowest BCUT2D eigenvalue weighted by Gasteiger charge is -2.08. The molecule has 1 aromatic carbocycles. The van der Waals surface area contributed by atoms with Crippen LogP contribution in [-0.2, 0) is 0 Å². The van der Waals surface area contributed by atoms with Crippen LogP contribution in [0, 0.1) is 6.92 Å². The maximum atomic E-state index is 10.9. The molecule has 106 valence electrons. The number of rotatable bonds is 9. The molecule has 0 heterocycles. The van der Waals surface area contributed by atoms with Gasteiger partial charge in [-0.15, -0.1) is 0 Å². The van der Waals surface area contributed by atoms with Crippen molar-refractivity contribution in [1.29, 1.82) is 0 Å². The molecule has 0 aliphatic carbocycles. The molecular formula is C15H23NO2S. The number of thioether (sulfide) groups is 1. The predicted molar refractivity (Wildman–Crippen MR) is 83.5 cm³/mol. The number of benzene rings is 1. The fourth-order valence-corrected chi connectivity index (χ4v) is 2.46. The van der Waals surface area contributed by atoms with Gasteiger partial charge in [0.25, 0.3) is 0 Å². The van der Waals surface area contributed by atoms with Gasteiger partial charge in [0.1, 0.15) is 0 Å². The largest absolute Gasteiger partial charge is 0.478 e. The van der Waals surface area contributed by atoms with Gasteiger partial charge < -0.3 is 10.4 Å². The minimum absolute atomic E-state index is 0.377. The number of unbranched alkanes of at least 4 members (excludes halogenated alkanes) is 3. The van der Waals surface area contributed by atoms with Crippen LogP contribution >= 0.6 is 11.8 Å². The number of carboxylic acids is 1. The molecule has 0 saturated carbocycles. The molecule has 0 amide bonds. The van der Waals surface area contributed by atoms with Crippen molar-refractivity contribution in [2.24, 2.45) is 0 Å². The van der Waals surface area contributed by atoms with Gasteiger partial charge in [0.15, 0.2) is 0 Å². The number of aryl methyl sites for hydroxylation is 1. The molecule has 3 nitrogen and oxygen atoms in total. The standard InChI is InChI=1S/C15H23NO2S/c1-12-11-13(7-8-14(12)15(17)18)16-9-5-3-4-6-10-19-2/h7-8,11,16H,3-6,9-10H2,1-2H3,(H,17,18). The Morgan fingerprint density at radius 3 is 2.63 bits per heavy atom. The molecule has 0 fully saturated rings. The number of hydrogen-bond donors (Lipinski definition) is 2. The highest BCUT2D eigenvalue weighted by molar-refractivity contribution is 7.98. The monoisotopic (exact) mass is 281 g/mol. The van der Waals surface area contributed by atoms with Crippen molar-refractivity contribution in [3.8, 4) is 0 Å². The van der Waals surface area contributed by atoms with Gasteiger partial charge >= 0.3 is 5.97 Å². The van der Waals surface area contributed by atoms with E-state index in [1.54, 1.807) is 6.07 Å². The summed E-state index contributed by atoms with van der Waals surface area (Å²) in [7, 11) is 0. The first-order valence-electron chi connectivity index (χ1n) is 6.72. The molecule has 0 spiro atoms. The van der Waals surface area contributed by atoms with E-state index < -0.39 is 5.97 Å². The van der Waals surface area contributed by atoms with Gasteiger partial charge in [-0.25, -0.2) is 4.79 Å². The van der Waals surface area contributed by atoms with E-state index in [9.17, 15) is 4.79 Å². The fourth-order valence-electron chi connectivity index (χ4n) is 1.97. The summed E-state index contributed by atoms with van der Waals surface area (Å²) >= 11 is 1.90. The number of aromatic carboxylic acids is 1. The number of carboxylic acid groups (broad SMARTS) is 1. The summed E-state index contributed by atoms with van der Waals surface area (Å²) in [5.41, 5.74) is 2.19. The zero-order chi connectivity index (χ0) is 14.1. The molecule has 0 radical (unpaired) electrons. The van der Waals surface area contributed by atoms with Crippen molar-refractivity contribution in [2.45, 2.75) is 32.6 Å². The van der Waals surface area contributed by atoms with Crippen molar-refractivity contribution in [2.75, 3.05) is 23.9 Å². The summed E-state index contributed by atoms with van der Waals surface area (Å²) in [5.74, 6) is 0.390. The average Bonchev–Trinajstić information content (AvgIpc) is 2.37. The van der Waals surface area contributed by atoms with E-state index in [0.29, 0.717) is 5.56 Å². The molecule has 0 saturated heterocycles. The zero-order valence-electron chi connectivity index (χ0n) is 11.7. The second kappa shape index (κ2) is 8.86. The van der Waals surface area contributed by atoms with Crippen LogP contribution in [-0.4, -0.2) is 29.6 Å². The summed E-state index contributed by atoms with van der Waals surface area (Å²) in [6, 6.07) is 5.40. The van der Waals surface area contributed by atoms with E-state index in [-0.39, 0.29) is 0 Å². The van der Waals surface area contributed by atoms with Crippen LogP contribution < -0.4 is 5.32 Å². The Morgan fingerprint density at radius 2 is 2.00 bits per heavy atom. The summed E-state index contributed by atoms with van der Waals surface area (Å²) in [6.07, 6.45) is 7.14. The Bertz CT molecular complexity index is 407. The number of carbonyl (C=O) groups is 1. The Kier molecular flexibility index (Phi) is 7.41.